The number of aliphatic carboxylic acids is 2. The van der Waals surface area contributed by atoms with Crippen LogP contribution in [0.25, 0.3) is 0 Å². The first-order chi connectivity index (χ1) is 13.6. The fourth-order valence-corrected chi connectivity index (χ4v) is 3.82. The molecule has 166 valence electrons. The van der Waals surface area contributed by atoms with Crippen molar-refractivity contribution in [2.75, 3.05) is 0 Å². The van der Waals surface area contributed by atoms with Crippen LogP contribution in [-0.2, 0) is 9.59 Å². The molecule has 1 atom stereocenters. The van der Waals surface area contributed by atoms with Gasteiger partial charge < -0.3 is 10.2 Å². The summed E-state index contributed by atoms with van der Waals surface area (Å²) in [5, 5.41) is 18.0. The Kier molecular flexibility index (Phi) is 19.9. The summed E-state index contributed by atoms with van der Waals surface area (Å²) in [6.45, 7) is 2.24. The van der Waals surface area contributed by atoms with E-state index in [0.29, 0.717) is 0 Å². The van der Waals surface area contributed by atoms with Crippen molar-refractivity contribution in [3.63, 3.8) is 0 Å². The second-order valence-corrected chi connectivity index (χ2v) is 8.41. The molecule has 0 unspecified atom stereocenters. The monoisotopic (exact) mass is 398 g/mol. The summed E-state index contributed by atoms with van der Waals surface area (Å²) in [4.78, 5) is 21.9. The van der Waals surface area contributed by atoms with Crippen LogP contribution in [0.2, 0.25) is 0 Å². The van der Waals surface area contributed by atoms with Gasteiger partial charge in [-0.05, 0) is 19.3 Å². The first-order valence-corrected chi connectivity index (χ1v) is 12.0. The van der Waals surface area contributed by atoms with Crippen LogP contribution in [0.4, 0.5) is 0 Å². The molecule has 0 aliphatic rings. The van der Waals surface area contributed by atoms with Crippen molar-refractivity contribution in [1.29, 1.82) is 0 Å². The predicted molar refractivity (Wildman–Crippen MR) is 117 cm³/mol. The first-order valence-electron chi connectivity index (χ1n) is 12.0. The highest BCUT2D eigenvalue weighted by molar-refractivity contribution is 5.69. The fraction of sp³-hybridized carbons (Fsp3) is 0.917. The van der Waals surface area contributed by atoms with E-state index in [4.69, 9.17) is 5.11 Å². The van der Waals surface area contributed by atoms with E-state index in [9.17, 15) is 14.7 Å². The SMILES string of the molecule is CCCCCCCCCCC[C@H](CCCCCCCCCCC(=O)O)C(=O)O. The first kappa shape index (κ1) is 26.9. The van der Waals surface area contributed by atoms with Crippen molar-refractivity contribution < 1.29 is 19.8 Å². The highest BCUT2D eigenvalue weighted by atomic mass is 16.4. The summed E-state index contributed by atoms with van der Waals surface area (Å²) in [5.74, 6) is -1.46. The zero-order chi connectivity index (χ0) is 20.9. The van der Waals surface area contributed by atoms with Crippen LogP contribution in [0.1, 0.15) is 135 Å². The summed E-state index contributed by atoms with van der Waals surface area (Å²) in [6, 6.07) is 0. The average Bonchev–Trinajstić information content (AvgIpc) is 2.65. The summed E-state index contributed by atoms with van der Waals surface area (Å²) < 4.78 is 0. The molecule has 0 aromatic heterocycles. The van der Waals surface area contributed by atoms with Gasteiger partial charge in [-0.3, -0.25) is 9.59 Å². The molecule has 0 aromatic rings. The van der Waals surface area contributed by atoms with Gasteiger partial charge in [0.1, 0.15) is 0 Å². The summed E-state index contributed by atoms with van der Waals surface area (Å²) in [6.07, 6.45) is 22.0. The lowest BCUT2D eigenvalue weighted by Crippen LogP contribution is -2.13. The van der Waals surface area contributed by atoms with Crippen molar-refractivity contribution in [3.8, 4) is 0 Å². The molecular formula is C24H46O4. The highest BCUT2D eigenvalue weighted by Gasteiger charge is 2.16. The van der Waals surface area contributed by atoms with Gasteiger partial charge in [-0.15, -0.1) is 0 Å². The Morgan fingerprint density at radius 3 is 1.29 bits per heavy atom. The lowest BCUT2D eigenvalue weighted by molar-refractivity contribution is -0.142. The molecular weight excluding hydrogens is 352 g/mol. The average molecular weight is 399 g/mol. The molecule has 2 N–H and O–H groups in total. The number of unbranched alkanes of at least 4 members (excludes halogenated alkanes) is 15. The molecule has 0 aliphatic heterocycles. The van der Waals surface area contributed by atoms with E-state index in [1.165, 1.54) is 70.6 Å². The maximum Gasteiger partial charge on any atom is 0.306 e. The highest BCUT2D eigenvalue weighted by Crippen LogP contribution is 2.20. The third kappa shape index (κ3) is 19.7. The Hall–Kier alpha value is -1.06. The van der Waals surface area contributed by atoms with Crippen molar-refractivity contribution in [1.82, 2.24) is 0 Å². The van der Waals surface area contributed by atoms with Crippen LogP contribution in [-0.4, -0.2) is 22.2 Å². The molecule has 4 nitrogen and oxygen atoms in total. The summed E-state index contributed by atoms with van der Waals surface area (Å²) in [7, 11) is 0. The maximum atomic E-state index is 11.4. The van der Waals surface area contributed by atoms with Crippen LogP contribution in [0.3, 0.4) is 0 Å². The number of carbonyl (C=O) groups is 2. The van der Waals surface area contributed by atoms with Crippen LogP contribution >= 0.6 is 0 Å². The molecule has 0 fully saturated rings. The van der Waals surface area contributed by atoms with Gasteiger partial charge in [0.2, 0.25) is 0 Å². The molecule has 0 heterocycles. The van der Waals surface area contributed by atoms with Crippen LogP contribution < -0.4 is 0 Å². The van der Waals surface area contributed by atoms with Crippen LogP contribution in [0.5, 0.6) is 0 Å². The Morgan fingerprint density at radius 2 is 0.929 bits per heavy atom. The van der Waals surface area contributed by atoms with Gasteiger partial charge in [-0.1, -0.05) is 110 Å². The fourth-order valence-electron chi connectivity index (χ4n) is 3.82. The number of rotatable bonds is 22. The zero-order valence-corrected chi connectivity index (χ0v) is 18.4. The van der Waals surface area contributed by atoms with Crippen molar-refractivity contribution >= 4 is 11.9 Å². The van der Waals surface area contributed by atoms with Gasteiger partial charge in [-0.2, -0.15) is 0 Å². The molecule has 0 amide bonds. The molecule has 4 heteroatoms. The number of carboxylic acid groups (broad SMARTS) is 2. The molecule has 28 heavy (non-hydrogen) atoms. The van der Waals surface area contributed by atoms with Gasteiger partial charge in [0.05, 0.1) is 5.92 Å². The summed E-state index contributed by atoms with van der Waals surface area (Å²) in [5.41, 5.74) is 0. The van der Waals surface area contributed by atoms with Crippen molar-refractivity contribution in [2.24, 2.45) is 5.92 Å². The molecule has 0 bridgehead atoms. The van der Waals surface area contributed by atoms with E-state index < -0.39 is 11.9 Å². The standard InChI is InChI=1S/C24H46O4/c1-2-3-4-5-6-7-10-13-16-19-22(24(27)28)20-17-14-11-8-9-12-15-18-21-23(25)26/h22H,2-21H2,1H3,(H,25,26)(H,27,28)/t22-/m1/s1. The van der Waals surface area contributed by atoms with E-state index in [2.05, 4.69) is 6.92 Å². The molecule has 0 saturated heterocycles. The molecule has 0 aliphatic carbocycles. The molecule has 0 spiro atoms. The van der Waals surface area contributed by atoms with E-state index in [1.807, 2.05) is 0 Å². The third-order valence-corrected chi connectivity index (χ3v) is 5.70. The maximum absolute atomic E-state index is 11.4. The van der Waals surface area contributed by atoms with Crippen LogP contribution in [0.15, 0.2) is 0 Å². The minimum absolute atomic E-state index is 0.152. The van der Waals surface area contributed by atoms with E-state index in [0.717, 1.165) is 51.4 Å². The Morgan fingerprint density at radius 1 is 0.571 bits per heavy atom. The summed E-state index contributed by atoms with van der Waals surface area (Å²) >= 11 is 0. The largest absolute Gasteiger partial charge is 0.481 e. The zero-order valence-electron chi connectivity index (χ0n) is 18.4. The Labute approximate surface area is 173 Å². The third-order valence-electron chi connectivity index (χ3n) is 5.70. The van der Waals surface area contributed by atoms with Gasteiger partial charge in [0.15, 0.2) is 0 Å². The van der Waals surface area contributed by atoms with Crippen LogP contribution in [0, 0.1) is 5.92 Å². The number of hydrogen-bond donors (Lipinski definition) is 2. The van der Waals surface area contributed by atoms with Gasteiger partial charge >= 0.3 is 11.9 Å². The second-order valence-electron chi connectivity index (χ2n) is 8.41. The van der Waals surface area contributed by atoms with E-state index >= 15 is 0 Å². The lowest BCUT2D eigenvalue weighted by Gasteiger charge is -2.12. The lowest BCUT2D eigenvalue weighted by atomic mass is 9.94. The Balaban J connectivity index is 3.48. The molecule has 0 radical (unpaired) electrons. The van der Waals surface area contributed by atoms with Gasteiger partial charge in [0.25, 0.3) is 0 Å². The molecule has 0 aromatic carbocycles. The normalized spacial score (nSPS) is 12.2. The predicted octanol–water partition coefficient (Wildman–Crippen LogP) is 7.59. The van der Waals surface area contributed by atoms with E-state index in [1.54, 1.807) is 0 Å². The smallest absolute Gasteiger partial charge is 0.306 e. The van der Waals surface area contributed by atoms with Crippen molar-refractivity contribution in [3.05, 3.63) is 0 Å². The second kappa shape index (κ2) is 20.7. The van der Waals surface area contributed by atoms with Gasteiger partial charge in [0, 0.05) is 6.42 Å². The number of carboxylic acids is 2. The van der Waals surface area contributed by atoms with E-state index in [-0.39, 0.29) is 12.3 Å². The van der Waals surface area contributed by atoms with Gasteiger partial charge in [-0.25, -0.2) is 0 Å². The minimum Gasteiger partial charge on any atom is -0.481 e. The quantitative estimate of drug-likeness (QED) is 0.184. The Bertz CT molecular complexity index is 368. The van der Waals surface area contributed by atoms with Crippen molar-refractivity contribution in [2.45, 2.75) is 135 Å². The topological polar surface area (TPSA) is 74.6 Å². The molecule has 0 rings (SSSR count). The minimum atomic E-state index is -0.699. The number of hydrogen-bond acceptors (Lipinski definition) is 2. The molecule has 0 saturated carbocycles.